The smallest absolute Gasteiger partial charge is 0.320 e. The summed E-state index contributed by atoms with van der Waals surface area (Å²) >= 11 is 5.20. The van der Waals surface area contributed by atoms with Gasteiger partial charge in [0, 0.05) is 4.88 Å². The lowest BCUT2D eigenvalue weighted by molar-refractivity contribution is -0.145. The summed E-state index contributed by atoms with van der Waals surface area (Å²) in [7, 11) is 0. The van der Waals surface area contributed by atoms with Crippen molar-refractivity contribution >= 4 is 33.2 Å². The third kappa shape index (κ3) is 4.25. The van der Waals surface area contributed by atoms with Crippen molar-refractivity contribution in [2.24, 2.45) is 0 Å². The number of carboxylic acid groups (broad SMARTS) is 1. The first-order valence-corrected chi connectivity index (χ1v) is 10.2. The number of halogens is 1. The Bertz CT molecular complexity index is 733. The van der Waals surface area contributed by atoms with Crippen molar-refractivity contribution in [1.29, 1.82) is 0 Å². The average Bonchev–Trinajstić information content (AvgIpc) is 3.02. The number of aliphatic carboxylic acids is 1. The zero-order valence-corrected chi connectivity index (χ0v) is 16.6. The molecule has 3 rings (SSSR count). The highest BCUT2D eigenvalue weighted by Gasteiger charge is 2.35. The molecule has 0 spiro atoms. The zero-order chi connectivity index (χ0) is 17.8. The summed E-state index contributed by atoms with van der Waals surface area (Å²) in [6.07, 6.45) is 2.69. The maximum atomic E-state index is 11.8. The molecule has 2 unspecified atom stereocenters. The van der Waals surface area contributed by atoms with Gasteiger partial charge in [0.1, 0.15) is 11.8 Å². The van der Waals surface area contributed by atoms with Gasteiger partial charge in [0.2, 0.25) is 0 Å². The minimum atomic E-state index is -0.735. The fourth-order valence-corrected chi connectivity index (χ4v) is 5.04. The molecule has 134 valence electrons. The Kier molecular flexibility index (Phi) is 6.15. The van der Waals surface area contributed by atoms with Crippen LogP contribution in [0.2, 0.25) is 0 Å². The van der Waals surface area contributed by atoms with Crippen LogP contribution in [0.25, 0.3) is 0 Å². The molecule has 0 bridgehead atoms. The summed E-state index contributed by atoms with van der Waals surface area (Å²) in [6.45, 7) is 3.36. The number of thiophene rings is 1. The molecular weight excluding hydrogens is 402 g/mol. The number of nitrogens with zero attached hydrogens (tertiary/aromatic N) is 1. The van der Waals surface area contributed by atoms with E-state index in [-0.39, 0.29) is 6.04 Å². The molecule has 1 aromatic heterocycles. The fourth-order valence-electron chi connectivity index (χ4n) is 3.46. The van der Waals surface area contributed by atoms with E-state index in [1.807, 2.05) is 31.2 Å². The van der Waals surface area contributed by atoms with Crippen LogP contribution in [0.15, 0.2) is 40.2 Å². The normalized spacial score (nSPS) is 19.5. The Balaban J connectivity index is 2.03. The molecule has 2 aromatic rings. The van der Waals surface area contributed by atoms with Crippen LogP contribution in [0.1, 0.15) is 42.7 Å². The minimum Gasteiger partial charge on any atom is -0.494 e. The molecular formula is C19H22BrNO3S. The Hall–Kier alpha value is -1.37. The minimum absolute atomic E-state index is 0.0712. The highest BCUT2D eigenvalue weighted by Crippen LogP contribution is 2.39. The standard InChI is InChI=1S/C19H22BrNO3S/c1-2-24-14-7-5-6-13(12-14)18(16-9-10-17(20)25-16)21-11-4-3-8-15(21)19(22)23/h5-7,9-10,12,15,18H,2-4,8,11H2,1H3,(H,22,23). The van der Waals surface area contributed by atoms with Gasteiger partial charge in [0.05, 0.1) is 16.4 Å². The first-order chi connectivity index (χ1) is 12.1. The number of rotatable bonds is 6. The van der Waals surface area contributed by atoms with E-state index in [2.05, 4.69) is 33.0 Å². The maximum Gasteiger partial charge on any atom is 0.320 e. The molecule has 1 aromatic carbocycles. The maximum absolute atomic E-state index is 11.8. The third-order valence-corrected chi connectivity index (χ3v) is 6.19. The lowest BCUT2D eigenvalue weighted by Gasteiger charge is -2.39. The molecule has 0 radical (unpaired) electrons. The van der Waals surface area contributed by atoms with Gasteiger partial charge in [-0.1, -0.05) is 18.6 Å². The van der Waals surface area contributed by atoms with E-state index in [1.165, 1.54) is 0 Å². The largest absolute Gasteiger partial charge is 0.494 e. The van der Waals surface area contributed by atoms with Crippen molar-refractivity contribution in [3.63, 3.8) is 0 Å². The molecule has 1 aliphatic heterocycles. The van der Waals surface area contributed by atoms with Crippen LogP contribution in [0.4, 0.5) is 0 Å². The zero-order valence-electron chi connectivity index (χ0n) is 14.2. The van der Waals surface area contributed by atoms with Crippen molar-refractivity contribution in [3.8, 4) is 5.75 Å². The van der Waals surface area contributed by atoms with E-state index >= 15 is 0 Å². The Morgan fingerprint density at radius 1 is 1.40 bits per heavy atom. The number of hydrogen-bond acceptors (Lipinski definition) is 4. The number of ether oxygens (including phenoxy) is 1. The Morgan fingerprint density at radius 2 is 2.24 bits per heavy atom. The van der Waals surface area contributed by atoms with Gasteiger partial charge in [0.15, 0.2) is 0 Å². The Morgan fingerprint density at radius 3 is 2.92 bits per heavy atom. The number of hydrogen-bond donors (Lipinski definition) is 1. The lowest BCUT2D eigenvalue weighted by atomic mass is 9.95. The second kappa shape index (κ2) is 8.34. The van der Waals surface area contributed by atoms with Gasteiger partial charge in [-0.05, 0) is 72.1 Å². The molecule has 2 atom stereocenters. The fraction of sp³-hybridized carbons (Fsp3) is 0.421. The molecule has 1 saturated heterocycles. The van der Waals surface area contributed by atoms with E-state index in [0.29, 0.717) is 13.0 Å². The van der Waals surface area contributed by atoms with Crippen molar-refractivity contribution in [3.05, 3.63) is 50.6 Å². The van der Waals surface area contributed by atoms with Gasteiger partial charge >= 0.3 is 5.97 Å². The van der Waals surface area contributed by atoms with Crippen LogP contribution in [0.5, 0.6) is 5.75 Å². The summed E-state index contributed by atoms with van der Waals surface area (Å²) < 4.78 is 6.71. The van der Waals surface area contributed by atoms with Gasteiger partial charge < -0.3 is 9.84 Å². The predicted octanol–water partition coefficient (Wildman–Crippen LogP) is 4.94. The van der Waals surface area contributed by atoms with Crippen LogP contribution in [-0.4, -0.2) is 35.2 Å². The van der Waals surface area contributed by atoms with Crippen molar-refractivity contribution in [2.75, 3.05) is 13.2 Å². The van der Waals surface area contributed by atoms with Gasteiger partial charge in [0.25, 0.3) is 0 Å². The first-order valence-electron chi connectivity index (χ1n) is 8.56. The molecule has 0 aliphatic carbocycles. The summed E-state index contributed by atoms with van der Waals surface area (Å²) in [4.78, 5) is 15.1. The monoisotopic (exact) mass is 423 g/mol. The molecule has 1 N–H and O–H groups in total. The molecule has 6 heteroatoms. The Labute approximate surface area is 160 Å². The van der Waals surface area contributed by atoms with E-state index < -0.39 is 12.0 Å². The molecule has 0 amide bonds. The summed E-state index contributed by atoms with van der Waals surface area (Å²) in [6, 6.07) is 11.6. The molecule has 1 fully saturated rings. The number of carbonyl (C=O) groups is 1. The highest BCUT2D eigenvalue weighted by atomic mass is 79.9. The first kappa shape index (κ1) is 18.4. The highest BCUT2D eigenvalue weighted by molar-refractivity contribution is 9.11. The number of piperidine rings is 1. The van der Waals surface area contributed by atoms with Crippen LogP contribution in [-0.2, 0) is 4.79 Å². The van der Waals surface area contributed by atoms with Crippen molar-refractivity contribution < 1.29 is 14.6 Å². The summed E-state index contributed by atoms with van der Waals surface area (Å²) in [5, 5.41) is 9.72. The molecule has 25 heavy (non-hydrogen) atoms. The van der Waals surface area contributed by atoms with Crippen molar-refractivity contribution in [1.82, 2.24) is 4.90 Å². The van der Waals surface area contributed by atoms with Crippen LogP contribution in [0.3, 0.4) is 0 Å². The van der Waals surface area contributed by atoms with Gasteiger partial charge in [-0.2, -0.15) is 0 Å². The number of likely N-dealkylation sites (tertiary alicyclic amines) is 1. The van der Waals surface area contributed by atoms with Crippen LogP contribution in [0, 0.1) is 0 Å². The molecule has 4 nitrogen and oxygen atoms in total. The van der Waals surface area contributed by atoms with E-state index in [0.717, 1.165) is 39.4 Å². The molecule has 0 saturated carbocycles. The van der Waals surface area contributed by atoms with Gasteiger partial charge in [-0.25, -0.2) is 0 Å². The van der Waals surface area contributed by atoms with Gasteiger partial charge in [-0.15, -0.1) is 11.3 Å². The van der Waals surface area contributed by atoms with E-state index in [4.69, 9.17) is 4.74 Å². The predicted molar refractivity (Wildman–Crippen MR) is 103 cm³/mol. The van der Waals surface area contributed by atoms with Gasteiger partial charge in [-0.3, -0.25) is 9.69 Å². The second-order valence-electron chi connectivity index (χ2n) is 6.14. The van der Waals surface area contributed by atoms with E-state index in [1.54, 1.807) is 11.3 Å². The van der Waals surface area contributed by atoms with Crippen molar-refractivity contribution in [2.45, 2.75) is 38.3 Å². The SMILES string of the molecule is CCOc1cccc(C(c2ccc(Br)s2)N2CCCCC2C(=O)O)c1. The number of benzene rings is 1. The second-order valence-corrected chi connectivity index (χ2v) is 8.63. The molecule has 2 heterocycles. The summed E-state index contributed by atoms with van der Waals surface area (Å²) in [5.41, 5.74) is 1.08. The lowest BCUT2D eigenvalue weighted by Crippen LogP contribution is -2.46. The van der Waals surface area contributed by atoms with Crippen LogP contribution >= 0.6 is 27.3 Å². The van der Waals surface area contributed by atoms with Crippen LogP contribution < -0.4 is 4.74 Å². The summed E-state index contributed by atoms with van der Waals surface area (Å²) in [5.74, 6) is 0.0887. The van der Waals surface area contributed by atoms with E-state index in [9.17, 15) is 9.90 Å². The third-order valence-electron chi connectivity index (χ3n) is 4.51. The quantitative estimate of drug-likeness (QED) is 0.714. The topological polar surface area (TPSA) is 49.8 Å². The molecule has 1 aliphatic rings. The average molecular weight is 424 g/mol. The number of carboxylic acids is 1.